The van der Waals surface area contributed by atoms with Crippen molar-refractivity contribution in [3.05, 3.63) is 35.9 Å². The number of hydrogen-bond donors (Lipinski definition) is 4. The molecule has 6 N–H and O–H groups in total. The minimum absolute atomic E-state index is 0.0441. The Labute approximate surface area is 181 Å². The molecule has 168 valence electrons. The fourth-order valence-corrected chi connectivity index (χ4v) is 4.36. The topological polar surface area (TPSA) is 148 Å². The second-order valence-corrected chi connectivity index (χ2v) is 8.30. The largest absolute Gasteiger partial charge is 0.368 e. The molecule has 1 aromatic rings. The van der Waals surface area contributed by atoms with Crippen molar-refractivity contribution in [3.8, 4) is 0 Å². The lowest BCUT2D eigenvalue weighted by Crippen LogP contribution is -2.61. The van der Waals surface area contributed by atoms with E-state index in [2.05, 4.69) is 10.6 Å². The molecule has 2 saturated heterocycles. The van der Waals surface area contributed by atoms with Crippen molar-refractivity contribution < 1.29 is 19.2 Å². The summed E-state index contributed by atoms with van der Waals surface area (Å²) in [6, 6.07) is 6.32. The number of nitrogens with one attached hydrogen (secondary N) is 2. The summed E-state index contributed by atoms with van der Waals surface area (Å²) in [6.45, 7) is 1.80. The van der Waals surface area contributed by atoms with E-state index in [0.29, 0.717) is 32.1 Å². The molecule has 0 aromatic heterocycles. The molecule has 5 atom stereocenters. The van der Waals surface area contributed by atoms with E-state index in [1.807, 2.05) is 30.3 Å². The molecule has 0 bridgehead atoms. The lowest BCUT2D eigenvalue weighted by atomic mass is 9.97. The highest BCUT2D eigenvalue weighted by Crippen LogP contribution is 2.32. The van der Waals surface area contributed by atoms with Gasteiger partial charge in [-0.05, 0) is 37.7 Å². The number of primary amides is 1. The standard InChI is InChI=1S/C22H31N5O4/c1-2-15(23)20(29)25-16-10-8-14-9-11-18(27(14)22(16)31)21(30)26-17(19(24)28)12-13-6-4-3-5-7-13/h3-7,14-18H,2,8-12,23H2,1H3,(H2,24,28)(H,25,29)(H,26,30)/t14-,15-,16+,17+,18-/m0/s1. The van der Waals surface area contributed by atoms with Gasteiger partial charge in [0.25, 0.3) is 0 Å². The molecule has 2 aliphatic heterocycles. The van der Waals surface area contributed by atoms with Crippen molar-refractivity contribution in [2.75, 3.05) is 0 Å². The fraction of sp³-hybridized carbons (Fsp3) is 0.545. The molecular weight excluding hydrogens is 398 g/mol. The predicted molar refractivity (Wildman–Crippen MR) is 114 cm³/mol. The fourth-order valence-electron chi connectivity index (χ4n) is 4.36. The summed E-state index contributed by atoms with van der Waals surface area (Å²) in [7, 11) is 0. The van der Waals surface area contributed by atoms with Crippen molar-refractivity contribution in [1.29, 1.82) is 0 Å². The third-order valence-corrected chi connectivity index (χ3v) is 6.18. The van der Waals surface area contributed by atoms with Gasteiger partial charge in [0.2, 0.25) is 23.6 Å². The first-order chi connectivity index (χ1) is 14.8. The van der Waals surface area contributed by atoms with Gasteiger partial charge >= 0.3 is 0 Å². The molecule has 2 heterocycles. The van der Waals surface area contributed by atoms with E-state index < -0.39 is 36.0 Å². The Morgan fingerprint density at radius 3 is 2.45 bits per heavy atom. The number of nitrogens with zero attached hydrogens (tertiary/aromatic N) is 1. The maximum Gasteiger partial charge on any atom is 0.246 e. The second-order valence-electron chi connectivity index (χ2n) is 8.30. The first kappa shape index (κ1) is 22.7. The maximum absolute atomic E-state index is 13.1. The van der Waals surface area contributed by atoms with Crippen molar-refractivity contribution in [3.63, 3.8) is 0 Å². The van der Waals surface area contributed by atoms with Crippen LogP contribution in [0, 0.1) is 0 Å². The highest BCUT2D eigenvalue weighted by molar-refractivity contribution is 5.95. The van der Waals surface area contributed by atoms with Gasteiger partial charge in [0.15, 0.2) is 0 Å². The molecule has 0 spiro atoms. The first-order valence-corrected chi connectivity index (χ1v) is 10.8. The Bertz CT molecular complexity index is 830. The second kappa shape index (κ2) is 9.91. The number of amides is 4. The highest BCUT2D eigenvalue weighted by atomic mass is 16.2. The number of nitrogens with two attached hydrogens (primary N) is 2. The van der Waals surface area contributed by atoms with Crippen LogP contribution in [0.4, 0.5) is 0 Å². The number of fused-ring (bicyclic) bond motifs is 1. The van der Waals surface area contributed by atoms with E-state index in [1.165, 1.54) is 0 Å². The van der Waals surface area contributed by atoms with E-state index in [0.717, 1.165) is 5.56 Å². The molecule has 0 aliphatic carbocycles. The van der Waals surface area contributed by atoms with Crippen LogP contribution in [0.3, 0.4) is 0 Å². The smallest absolute Gasteiger partial charge is 0.246 e. The molecule has 31 heavy (non-hydrogen) atoms. The number of benzene rings is 1. The molecule has 2 aliphatic rings. The Morgan fingerprint density at radius 2 is 1.81 bits per heavy atom. The average molecular weight is 430 g/mol. The molecule has 1 aromatic carbocycles. The van der Waals surface area contributed by atoms with Crippen LogP contribution >= 0.6 is 0 Å². The summed E-state index contributed by atoms with van der Waals surface area (Å²) in [5.74, 6) is -1.66. The molecule has 2 fully saturated rings. The Morgan fingerprint density at radius 1 is 1.13 bits per heavy atom. The zero-order valence-corrected chi connectivity index (χ0v) is 17.8. The minimum Gasteiger partial charge on any atom is -0.368 e. The quantitative estimate of drug-likeness (QED) is 0.443. The van der Waals surface area contributed by atoms with Gasteiger partial charge in [0.05, 0.1) is 6.04 Å². The third-order valence-electron chi connectivity index (χ3n) is 6.18. The lowest BCUT2D eigenvalue weighted by Gasteiger charge is -2.38. The van der Waals surface area contributed by atoms with Gasteiger partial charge in [-0.15, -0.1) is 0 Å². The van der Waals surface area contributed by atoms with Crippen LogP contribution in [-0.2, 0) is 25.6 Å². The first-order valence-electron chi connectivity index (χ1n) is 10.8. The van der Waals surface area contributed by atoms with Gasteiger partial charge in [0.1, 0.15) is 18.1 Å². The zero-order chi connectivity index (χ0) is 22.5. The van der Waals surface area contributed by atoms with Crippen molar-refractivity contribution in [2.24, 2.45) is 11.5 Å². The molecule has 0 unspecified atom stereocenters. The van der Waals surface area contributed by atoms with Crippen LogP contribution in [0.1, 0.15) is 44.6 Å². The predicted octanol–water partition coefficient (Wildman–Crippen LogP) is -0.425. The minimum atomic E-state index is -0.869. The van der Waals surface area contributed by atoms with Gasteiger partial charge < -0.3 is 27.0 Å². The number of carbonyl (C=O) groups excluding carboxylic acids is 4. The zero-order valence-electron chi connectivity index (χ0n) is 17.8. The van der Waals surface area contributed by atoms with Gasteiger partial charge in [-0.2, -0.15) is 0 Å². The SMILES string of the molecule is CC[C@H](N)C(=O)N[C@@H]1CC[C@H]2CC[C@@H](C(=O)N[C@H](Cc3ccccc3)C(N)=O)N2C1=O. The lowest BCUT2D eigenvalue weighted by molar-refractivity contribution is -0.146. The normalized spacial score (nSPS) is 24.8. The summed E-state index contributed by atoms with van der Waals surface area (Å²) in [5, 5.41) is 5.45. The molecule has 0 radical (unpaired) electrons. The molecular formula is C22H31N5O4. The van der Waals surface area contributed by atoms with Crippen molar-refractivity contribution >= 4 is 23.6 Å². The number of piperidine rings is 1. The summed E-state index contributed by atoms with van der Waals surface area (Å²) in [5.41, 5.74) is 12.2. The van der Waals surface area contributed by atoms with Crippen LogP contribution in [-0.4, -0.2) is 58.7 Å². The van der Waals surface area contributed by atoms with E-state index in [4.69, 9.17) is 11.5 Å². The van der Waals surface area contributed by atoms with E-state index in [1.54, 1.807) is 11.8 Å². The third kappa shape index (κ3) is 5.22. The maximum atomic E-state index is 13.1. The van der Waals surface area contributed by atoms with E-state index in [9.17, 15) is 19.2 Å². The summed E-state index contributed by atoms with van der Waals surface area (Å²) in [6.07, 6.45) is 3.19. The van der Waals surface area contributed by atoms with E-state index >= 15 is 0 Å². The van der Waals surface area contributed by atoms with Crippen molar-refractivity contribution in [2.45, 2.75) is 75.7 Å². The Hall–Kier alpha value is -2.94. The summed E-state index contributed by atoms with van der Waals surface area (Å²) >= 11 is 0. The van der Waals surface area contributed by atoms with Crippen LogP contribution in [0.2, 0.25) is 0 Å². The summed E-state index contributed by atoms with van der Waals surface area (Å²) < 4.78 is 0. The summed E-state index contributed by atoms with van der Waals surface area (Å²) in [4.78, 5) is 51.7. The number of carbonyl (C=O) groups is 4. The molecule has 9 heteroatoms. The van der Waals surface area contributed by atoms with Gasteiger partial charge in [-0.25, -0.2) is 0 Å². The van der Waals surface area contributed by atoms with Crippen molar-refractivity contribution in [1.82, 2.24) is 15.5 Å². The average Bonchev–Trinajstić information content (AvgIpc) is 3.20. The number of rotatable bonds is 8. The molecule has 9 nitrogen and oxygen atoms in total. The molecule has 0 saturated carbocycles. The van der Waals surface area contributed by atoms with Gasteiger partial charge in [-0.1, -0.05) is 37.3 Å². The molecule has 4 amide bonds. The number of hydrogen-bond acceptors (Lipinski definition) is 5. The Balaban J connectivity index is 1.67. The van der Waals surface area contributed by atoms with Crippen LogP contribution in [0.5, 0.6) is 0 Å². The molecule has 3 rings (SSSR count). The Kier molecular flexibility index (Phi) is 7.27. The van der Waals surface area contributed by atoms with Crippen LogP contribution < -0.4 is 22.1 Å². The monoisotopic (exact) mass is 429 g/mol. The van der Waals surface area contributed by atoms with Crippen LogP contribution in [0.25, 0.3) is 0 Å². The van der Waals surface area contributed by atoms with Gasteiger partial charge in [0, 0.05) is 12.5 Å². The van der Waals surface area contributed by atoms with E-state index in [-0.39, 0.29) is 24.3 Å². The highest BCUT2D eigenvalue weighted by Gasteiger charge is 2.46. The van der Waals surface area contributed by atoms with Crippen LogP contribution in [0.15, 0.2) is 30.3 Å². The van der Waals surface area contributed by atoms with Gasteiger partial charge in [-0.3, -0.25) is 19.2 Å².